The average molecular weight is 436 g/mol. The molecule has 4 aromatic rings. The van der Waals surface area contributed by atoms with Gasteiger partial charge in [0, 0.05) is 23.5 Å². The Labute approximate surface area is 193 Å². The van der Waals surface area contributed by atoms with E-state index in [4.69, 9.17) is 0 Å². The summed E-state index contributed by atoms with van der Waals surface area (Å²) in [5.74, 6) is -0.643. The van der Waals surface area contributed by atoms with E-state index >= 15 is 0 Å². The number of hydrogen-bond acceptors (Lipinski definition) is 4. The monoisotopic (exact) mass is 435 g/mol. The lowest BCUT2D eigenvalue weighted by Crippen LogP contribution is -2.44. The minimum absolute atomic E-state index is 0.475. The number of aromatic nitrogens is 1. The Morgan fingerprint density at radius 2 is 1.42 bits per heavy atom. The first kappa shape index (κ1) is 22.1. The standard InChI is InChI=1S/C28H25N3O2/c1-20-9-6-14-24(17-20)28(33,25-15-7-10-21(2)18-25)27(32)31-30-26(22-11-4-3-5-12-22)23-13-8-16-29-19-23/h3-19,33H,1-2H3,(H,31,32)/b30-26+. The van der Waals surface area contributed by atoms with Gasteiger partial charge in [0.15, 0.2) is 5.60 Å². The van der Waals surface area contributed by atoms with Gasteiger partial charge in [-0.2, -0.15) is 5.10 Å². The highest BCUT2D eigenvalue weighted by atomic mass is 16.3. The summed E-state index contributed by atoms with van der Waals surface area (Å²) in [6, 6.07) is 27.8. The molecule has 0 bridgehead atoms. The van der Waals surface area contributed by atoms with Gasteiger partial charge in [-0.3, -0.25) is 9.78 Å². The van der Waals surface area contributed by atoms with Crippen LogP contribution in [0.15, 0.2) is 108 Å². The maximum absolute atomic E-state index is 13.6. The van der Waals surface area contributed by atoms with E-state index in [-0.39, 0.29) is 0 Å². The predicted octanol–water partition coefficient (Wildman–Crippen LogP) is 4.50. The number of benzene rings is 3. The van der Waals surface area contributed by atoms with Gasteiger partial charge in [0.25, 0.3) is 5.91 Å². The van der Waals surface area contributed by atoms with E-state index in [0.717, 1.165) is 22.3 Å². The summed E-state index contributed by atoms with van der Waals surface area (Å²) in [5.41, 5.74) is 5.66. The third kappa shape index (κ3) is 4.73. The van der Waals surface area contributed by atoms with Crippen molar-refractivity contribution in [3.8, 4) is 0 Å². The second-order valence-electron chi connectivity index (χ2n) is 7.96. The highest BCUT2D eigenvalue weighted by Gasteiger charge is 2.40. The number of pyridine rings is 1. The maximum Gasteiger partial charge on any atom is 0.281 e. The van der Waals surface area contributed by atoms with E-state index in [1.807, 2.05) is 92.7 Å². The van der Waals surface area contributed by atoms with Crippen molar-refractivity contribution in [2.75, 3.05) is 0 Å². The lowest BCUT2D eigenvalue weighted by Gasteiger charge is -2.28. The van der Waals surface area contributed by atoms with Crippen molar-refractivity contribution in [1.29, 1.82) is 0 Å². The van der Waals surface area contributed by atoms with Crippen LogP contribution in [0.1, 0.15) is 33.4 Å². The lowest BCUT2D eigenvalue weighted by atomic mass is 9.84. The molecule has 4 rings (SSSR count). The zero-order valence-electron chi connectivity index (χ0n) is 18.6. The van der Waals surface area contributed by atoms with Crippen LogP contribution in [-0.2, 0) is 10.4 Å². The summed E-state index contributed by atoms with van der Waals surface area (Å²) >= 11 is 0. The van der Waals surface area contributed by atoms with E-state index in [1.165, 1.54) is 0 Å². The van der Waals surface area contributed by atoms with Crippen LogP contribution in [0.3, 0.4) is 0 Å². The van der Waals surface area contributed by atoms with E-state index in [9.17, 15) is 9.90 Å². The number of rotatable bonds is 6. The van der Waals surface area contributed by atoms with Crippen LogP contribution < -0.4 is 5.43 Å². The van der Waals surface area contributed by atoms with Crippen LogP contribution in [-0.4, -0.2) is 21.7 Å². The van der Waals surface area contributed by atoms with Gasteiger partial charge in [-0.15, -0.1) is 0 Å². The molecular formula is C28H25N3O2. The molecule has 0 aliphatic heterocycles. The van der Waals surface area contributed by atoms with Crippen molar-refractivity contribution in [2.24, 2.45) is 5.10 Å². The molecule has 1 aromatic heterocycles. The van der Waals surface area contributed by atoms with Crippen LogP contribution in [0.25, 0.3) is 0 Å². The Kier molecular flexibility index (Phi) is 6.43. The second kappa shape index (κ2) is 9.59. The Bertz CT molecular complexity index is 1200. The largest absolute Gasteiger partial charge is 0.372 e. The van der Waals surface area contributed by atoms with E-state index in [2.05, 4.69) is 15.5 Å². The maximum atomic E-state index is 13.6. The summed E-state index contributed by atoms with van der Waals surface area (Å²) in [5, 5.41) is 16.3. The number of aliphatic hydroxyl groups is 1. The third-order valence-electron chi connectivity index (χ3n) is 5.45. The average Bonchev–Trinajstić information content (AvgIpc) is 2.85. The fraction of sp³-hybridized carbons (Fsp3) is 0.107. The molecule has 0 atom stereocenters. The van der Waals surface area contributed by atoms with E-state index < -0.39 is 11.5 Å². The number of amides is 1. The molecule has 1 amide bonds. The van der Waals surface area contributed by atoms with Crippen LogP contribution >= 0.6 is 0 Å². The number of hydrazone groups is 1. The van der Waals surface area contributed by atoms with Gasteiger partial charge in [-0.1, -0.05) is 90.0 Å². The SMILES string of the molecule is Cc1cccc(C(O)(C(=O)N/N=C(\c2ccccc2)c2cccnc2)c2cccc(C)c2)c1. The van der Waals surface area contributed by atoms with Crippen molar-refractivity contribution >= 4 is 11.6 Å². The van der Waals surface area contributed by atoms with Crippen molar-refractivity contribution in [1.82, 2.24) is 10.4 Å². The third-order valence-corrected chi connectivity index (χ3v) is 5.45. The smallest absolute Gasteiger partial charge is 0.281 e. The zero-order valence-corrected chi connectivity index (χ0v) is 18.6. The highest BCUT2D eigenvalue weighted by molar-refractivity contribution is 6.13. The summed E-state index contributed by atoms with van der Waals surface area (Å²) in [6.07, 6.45) is 3.37. The lowest BCUT2D eigenvalue weighted by molar-refractivity contribution is -0.136. The van der Waals surface area contributed by atoms with Gasteiger partial charge < -0.3 is 5.11 Å². The van der Waals surface area contributed by atoms with Crippen molar-refractivity contribution in [3.63, 3.8) is 0 Å². The first-order valence-corrected chi connectivity index (χ1v) is 10.7. The Hall–Kier alpha value is -4.09. The quantitative estimate of drug-likeness (QED) is 0.346. The molecule has 0 spiro atoms. The number of nitrogens with zero attached hydrogens (tertiary/aromatic N) is 2. The van der Waals surface area contributed by atoms with Crippen molar-refractivity contribution < 1.29 is 9.90 Å². The zero-order chi connectivity index (χ0) is 23.3. The van der Waals surface area contributed by atoms with Crippen molar-refractivity contribution in [3.05, 3.63) is 137 Å². The number of hydrogen-bond donors (Lipinski definition) is 2. The molecular weight excluding hydrogens is 410 g/mol. The van der Waals surface area contributed by atoms with Gasteiger partial charge in [-0.05, 0) is 37.1 Å². The van der Waals surface area contributed by atoms with Gasteiger partial charge in [-0.25, -0.2) is 5.43 Å². The number of nitrogens with one attached hydrogen (secondary N) is 1. The first-order valence-electron chi connectivity index (χ1n) is 10.7. The van der Waals surface area contributed by atoms with Crippen LogP contribution in [0.5, 0.6) is 0 Å². The molecule has 0 unspecified atom stereocenters. The predicted molar refractivity (Wildman–Crippen MR) is 130 cm³/mol. The Morgan fingerprint density at radius 3 is 1.97 bits per heavy atom. The van der Waals surface area contributed by atoms with E-state index in [1.54, 1.807) is 24.5 Å². The van der Waals surface area contributed by atoms with Gasteiger partial charge >= 0.3 is 0 Å². The Morgan fingerprint density at radius 1 is 0.818 bits per heavy atom. The number of carbonyl (C=O) groups excluding carboxylic acids is 1. The Balaban J connectivity index is 1.78. The molecule has 164 valence electrons. The normalized spacial score (nSPS) is 11.8. The molecule has 0 saturated heterocycles. The molecule has 0 fully saturated rings. The minimum atomic E-state index is -1.92. The van der Waals surface area contributed by atoms with E-state index in [0.29, 0.717) is 16.8 Å². The summed E-state index contributed by atoms with van der Waals surface area (Å²) in [7, 11) is 0. The van der Waals surface area contributed by atoms with Gasteiger partial charge in [0.05, 0.1) is 5.71 Å². The van der Waals surface area contributed by atoms with Gasteiger partial charge in [0.1, 0.15) is 0 Å². The molecule has 0 saturated carbocycles. The molecule has 0 aliphatic rings. The van der Waals surface area contributed by atoms with Gasteiger partial charge in [0.2, 0.25) is 0 Å². The summed E-state index contributed by atoms with van der Waals surface area (Å²) in [6.45, 7) is 3.85. The molecule has 5 heteroatoms. The minimum Gasteiger partial charge on any atom is -0.372 e. The fourth-order valence-corrected chi connectivity index (χ4v) is 3.75. The molecule has 33 heavy (non-hydrogen) atoms. The molecule has 2 N–H and O–H groups in total. The molecule has 1 heterocycles. The molecule has 0 radical (unpaired) electrons. The van der Waals surface area contributed by atoms with Crippen LogP contribution in [0, 0.1) is 13.8 Å². The molecule has 3 aromatic carbocycles. The highest BCUT2D eigenvalue weighted by Crippen LogP contribution is 2.31. The fourth-order valence-electron chi connectivity index (χ4n) is 3.75. The topological polar surface area (TPSA) is 74.6 Å². The molecule has 5 nitrogen and oxygen atoms in total. The summed E-state index contributed by atoms with van der Waals surface area (Å²) in [4.78, 5) is 17.8. The molecule has 0 aliphatic carbocycles. The first-order chi connectivity index (χ1) is 16.0. The summed E-state index contributed by atoms with van der Waals surface area (Å²) < 4.78 is 0. The number of carbonyl (C=O) groups is 1. The number of aryl methyl sites for hydroxylation is 2. The van der Waals surface area contributed by atoms with Crippen molar-refractivity contribution in [2.45, 2.75) is 19.4 Å². The van der Waals surface area contributed by atoms with Crippen LogP contribution in [0.4, 0.5) is 0 Å². The second-order valence-corrected chi connectivity index (χ2v) is 7.96. The van der Waals surface area contributed by atoms with Crippen LogP contribution in [0.2, 0.25) is 0 Å².